The Balaban J connectivity index is 2.21. The van der Waals surface area contributed by atoms with Crippen molar-refractivity contribution >= 4 is 22.6 Å². The van der Waals surface area contributed by atoms with Crippen molar-refractivity contribution in [3.05, 3.63) is 35.1 Å². The second-order valence-electron chi connectivity index (χ2n) is 6.37. The summed E-state index contributed by atoms with van der Waals surface area (Å²) in [6, 6.07) is 5.02. The Bertz CT molecular complexity index is 782. The zero-order valence-corrected chi connectivity index (χ0v) is 14.1. The fourth-order valence-corrected chi connectivity index (χ4v) is 3.14. The zero-order chi connectivity index (χ0) is 17.3. The van der Waals surface area contributed by atoms with Gasteiger partial charge in [0.05, 0.1) is 5.52 Å². The number of pyridine rings is 1. The maximum absolute atomic E-state index is 13.9. The number of aryl methyl sites for hydroxylation is 1. The summed E-state index contributed by atoms with van der Waals surface area (Å²) in [5.41, 5.74) is 7.57. The average Bonchev–Trinajstić information content (AvgIpc) is 2.57. The third-order valence-corrected chi connectivity index (χ3v) is 4.40. The van der Waals surface area contributed by atoms with E-state index in [0.29, 0.717) is 22.5 Å². The summed E-state index contributed by atoms with van der Waals surface area (Å²) < 4.78 is 13.9. The first-order valence-electron chi connectivity index (χ1n) is 8.37. The molecule has 2 heterocycles. The van der Waals surface area contributed by atoms with E-state index in [9.17, 15) is 4.39 Å². The monoisotopic (exact) mass is 331 g/mol. The van der Waals surface area contributed by atoms with Crippen LogP contribution in [0.3, 0.4) is 0 Å². The number of anilines is 1. The third-order valence-electron chi connectivity index (χ3n) is 4.40. The number of hydrogen-bond acceptors (Lipinski definition) is 4. The van der Waals surface area contributed by atoms with Crippen molar-refractivity contribution in [1.82, 2.24) is 4.98 Å². The lowest BCUT2D eigenvalue weighted by Gasteiger charge is -2.29. The molecule has 1 fully saturated rings. The highest BCUT2D eigenvalue weighted by Gasteiger charge is 2.23. The molecule has 0 aliphatic carbocycles. The number of piperidine rings is 1. The van der Waals surface area contributed by atoms with Gasteiger partial charge in [0.25, 0.3) is 0 Å². The fourth-order valence-electron chi connectivity index (χ4n) is 3.14. The number of rotatable bonds is 3. The summed E-state index contributed by atoms with van der Waals surface area (Å²) in [6.07, 6.45) is 2.95. The molecule has 1 aliphatic rings. The lowest BCUT2D eigenvalue weighted by atomic mass is 10.1. The topological polar surface area (TPSA) is 77.4 Å². The summed E-state index contributed by atoms with van der Waals surface area (Å²) in [6.45, 7) is 5.27. The first kappa shape index (κ1) is 16.6. The Morgan fingerprint density at radius 3 is 2.71 bits per heavy atom. The number of fused-ring (bicyclic) bond motifs is 1. The van der Waals surface area contributed by atoms with Crippen LogP contribution in [0.25, 0.3) is 10.9 Å². The summed E-state index contributed by atoms with van der Waals surface area (Å²) in [5, 5.41) is 9.12. The van der Waals surface area contributed by atoms with Crippen LogP contribution in [0.2, 0.25) is 0 Å². The lowest BCUT2D eigenvalue weighted by molar-refractivity contribution is 0.539. The van der Waals surface area contributed by atoms with Crippen molar-refractivity contribution in [2.45, 2.75) is 39.3 Å². The Morgan fingerprint density at radius 1 is 1.33 bits per heavy atom. The van der Waals surface area contributed by atoms with Gasteiger partial charge in [0.1, 0.15) is 23.4 Å². The number of aliphatic imine (C=N–C) groups is 1. The van der Waals surface area contributed by atoms with E-state index in [4.69, 9.17) is 15.8 Å². The van der Waals surface area contributed by atoms with E-state index >= 15 is 0 Å². The molecule has 1 atom stereocenters. The number of nitrogens with two attached hydrogens (primary N) is 1. The summed E-state index contributed by atoms with van der Waals surface area (Å²) in [7, 11) is 0. The summed E-state index contributed by atoms with van der Waals surface area (Å²) >= 11 is 0. The van der Waals surface area contributed by atoms with E-state index in [0.717, 1.165) is 31.3 Å². The molecule has 6 heteroatoms. The van der Waals surface area contributed by atoms with Crippen LogP contribution >= 0.6 is 0 Å². The largest absolute Gasteiger partial charge is 0.578 e. The molecule has 1 aromatic heterocycles. The van der Waals surface area contributed by atoms with E-state index in [2.05, 4.69) is 9.89 Å². The molecule has 1 unspecified atom stereocenters. The number of hydrogen-bond donors (Lipinski definition) is 1. The van der Waals surface area contributed by atoms with E-state index in [1.54, 1.807) is 19.9 Å². The van der Waals surface area contributed by atoms with Gasteiger partial charge in [-0.05, 0) is 51.3 Å². The summed E-state index contributed by atoms with van der Waals surface area (Å²) in [4.78, 5) is 11.1. The van der Waals surface area contributed by atoms with Crippen molar-refractivity contribution in [2.75, 3.05) is 18.0 Å². The molecule has 3 rings (SSSR count). The van der Waals surface area contributed by atoms with Crippen LogP contribution in [-0.2, 0) is 0 Å². The zero-order valence-electron chi connectivity index (χ0n) is 14.1. The smallest absolute Gasteiger partial charge is 0.365 e. The minimum atomic E-state index is -0.447. The van der Waals surface area contributed by atoms with Gasteiger partial charge >= 0.3 is 5.90 Å². The number of nitrogens with zero attached hydrogens (tertiary/aromatic N) is 3. The van der Waals surface area contributed by atoms with Gasteiger partial charge in [-0.25, -0.2) is 9.37 Å². The van der Waals surface area contributed by atoms with Crippen molar-refractivity contribution in [2.24, 2.45) is 10.7 Å². The molecule has 0 bridgehead atoms. The predicted octanol–water partition coefficient (Wildman–Crippen LogP) is 2.45. The Kier molecular flexibility index (Phi) is 4.66. The van der Waals surface area contributed by atoms with Gasteiger partial charge in [-0.3, -0.25) is 0 Å². The minimum Gasteiger partial charge on any atom is -0.578 e. The molecular formula is C18H24FN4O+. The van der Waals surface area contributed by atoms with E-state index < -0.39 is 6.17 Å². The van der Waals surface area contributed by atoms with Gasteiger partial charge in [-0.15, -0.1) is 0 Å². The van der Waals surface area contributed by atoms with Crippen LogP contribution in [0.4, 0.5) is 10.2 Å². The quantitative estimate of drug-likeness (QED) is 0.533. The maximum atomic E-state index is 13.9. The molecule has 1 aromatic carbocycles. The van der Waals surface area contributed by atoms with Gasteiger partial charge in [0.2, 0.25) is 0 Å². The average molecular weight is 331 g/mol. The molecule has 0 saturated carbocycles. The normalized spacial score (nSPS) is 17.3. The van der Waals surface area contributed by atoms with Crippen molar-refractivity contribution < 1.29 is 9.50 Å². The predicted molar refractivity (Wildman–Crippen MR) is 96.3 cm³/mol. The first-order valence-corrected chi connectivity index (χ1v) is 8.37. The second-order valence-corrected chi connectivity index (χ2v) is 6.37. The molecule has 2 aromatic rings. The van der Waals surface area contributed by atoms with Crippen molar-refractivity contribution in [3.8, 4) is 0 Å². The van der Waals surface area contributed by atoms with Crippen LogP contribution in [0.5, 0.6) is 0 Å². The molecule has 1 saturated heterocycles. The molecular weight excluding hydrogens is 307 g/mol. The van der Waals surface area contributed by atoms with Crippen LogP contribution in [0.1, 0.15) is 37.3 Å². The second kappa shape index (κ2) is 6.73. The molecule has 128 valence electrons. The summed E-state index contributed by atoms with van der Waals surface area (Å²) in [5.74, 6) is 0.579. The first-order chi connectivity index (χ1) is 11.5. The Hall–Kier alpha value is -2.21. The number of benzene rings is 1. The lowest BCUT2D eigenvalue weighted by Crippen LogP contribution is -2.32. The molecule has 0 spiro atoms. The van der Waals surface area contributed by atoms with E-state index in [-0.39, 0.29) is 11.7 Å². The molecule has 24 heavy (non-hydrogen) atoms. The van der Waals surface area contributed by atoms with E-state index in [1.807, 2.05) is 6.07 Å². The van der Waals surface area contributed by atoms with Crippen molar-refractivity contribution in [3.63, 3.8) is 0 Å². The molecule has 0 radical (unpaired) electrons. The van der Waals surface area contributed by atoms with Crippen LogP contribution in [-0.4, -0.2) is 35.2 Å². The Morgan fingerprint density at radius 2 is 2.04 bits per heavy atom. The van der Waals surface area contributed by atoms with Gasteiger partial charge < -0.3 is 15.7 Å². The minimum absolute atomic E-state index is 0.127. The van der Waals surface area contributed by atoms with Crippen LogP contribution in [0, 0.1) is 12.7 Å². The van der Waals surface area contributed by atoms with Crippen molar-refractivity contribution in [1.29, 1.82) is 0 Å². The fraction of sp³-hybridized carbons (Fsp3) is 0.444. The standard InChI is InChI=1S/C18H23FN4O/c1-11-15(19)7-6-13-10-14(18(24)21-12(2)20)17(22-16(11)13)23-8-4-3-5-9-23/h6-7,10,12H,3-5,8-9,20H2,1-2H3,(H,21,24)/p+1. The van der Waals surface area contributed by atoms with Gasteiger partial charge in [-0.1, -0.05) is 0 Å². The highest BCUT2D eigenvalue weighted by molar-refractivity contribution is 6.01. The third kappa shape index (κ3) is 3.19. The van der Waals surface area contributed by atoms with Gasteiger partial charge in [0.15, 0.2) is 0 Å². The molecule has 5 nitrogen and oxygen atoms in total. The maximum Gasteiger partial charge on any atom is 0.365 e. The van der Waals surface area contributed by atoms with E-state index in [1.165, 1.54) is 12.5 Å². The van der Waals surface area contributed by atoms with Crippen LogP contribution < -0.4 is 10.6 Å². The van der Waals surface area contributed by atoms with Gasteiger partial charge in [0, 0.05) is 24.0 Å². The number of aromatic nitrogens is 1. The van der Waals surface area contributed by atoms with Crippen LogP contribution in [0.15, 0.2) is 23.2 Å². The molecule has 0 amide bonds. The Labute approximate surface area is 141 Å². The number of halogens is 1. The van der Waals surface area contributed by atoms with Gasteiger partial charge in [-0.2, -0.15) is 4.99 Å². The highest BCUT2D eigenvalue weighted by Crippen LogP contribution is 2.29. The SMILES string of the molecule is Cc1c(F)ccc2cc(C([OH2+])=NC(C)N)c(N3CCCCC3)nc12. The molecule has 1 aliphatic heterocycles. The molecule has 4 N–H and O–H groups in total. The highest BCUT2D eigenvalue weighted by atomic mass is 19.1.